The average Bonchev–Trinajstić information content (AvgIpc) is 2.80. The largest absolute Gasteiger partial charge is 0.508 e. The van der Waals surface area contributed by atoms with Crippen molar-refractivity contribution >= 4 is 5.78 Å². The van der Waals surface area contributed by atoms with Gasteiger partial charge in [-0.2, -0.15) is 0 Å². The molecule has 0 spiro atoms. The van der Waals surface area contributed by atoms with Crippen molar-refractivity contribution in [1.29, 1.82) is 0 Å². The second-order valence-electron chi connectivity index (χ2n) is 7.78. The second kappa shape index (κ2) is 4.61. The summed E-state index contributed by atoms with van der Waals surface area (Å²) in [6.07, 6.45) is 9.49. The summed E-state index contributed by atoms with van der Waals surface area (Å²) >= 11 is 0. The lowest BCUT2D eigenvalue weighted by molar-refractivity contribution is -0.0629. The fourth-order valence-corrected chi connectivity index (χ4v) is 5.64. The predicted octanol–water partition coefficient (Wildman–Crippen LogP) is 3.25. The molecule has 3 aliphatic carbocycles. The molecule has 0 aliphatic heterocycles. The Bertz CT molecular complexity index is 731. The Balaban J connectivity index is 1.77. The maximum atomic E-state index is 12.6. The van der Waals surface area contributed by atoms with Crippen molar-refractivity contribution in [3.05, 3.63) is 29.3 Å². The number of benzene rings is 1. The highest BCUT2D eigenvalue weighted by Gasteiger charge is 2.61. The number of phenolic OH excluding ortho intramolecular Hbond substituents is 1. The molecule has 3 nitrogen and oxygen atoms in total. The van der Waals surface area contributed by atoms with Gasteiger partial charge in [-0.25, -0.2) is 0 Å². The van der Waals surface area contributed by atoms with E-state index in [9.17, 15) is 15.0 Å². The number of carbonyl (C=O) groups is 1. The van der Waals surface area contributed by atoms with Gasteiger partial charge in [-0.05, 0) is 61.1 Å². The van der Waals surface area contributed by atoms with E-state index in [1.807, 2.05) is 6.07 Å². The zero-order valence-electron chi connectivity index (χ0n) is 13.4. The van der Waals surface area contributed by atoms with Crippen molar-refractivity contribution in [3.8, 4) is 18.1 Å². The number of terminal acetylenes is 1. The van der Waals surface area contributed by atoms with E-state index in [0.29, 0.717) is 24.3 Å². The van der Waals surface area contributed by atoms with Crippen LogP contribution in [0.15, 0.2) is 18.2 Å². The van der Waals surface area contributed by atoms with Crippen LogP contribution < -0.4 is 0 Å². The predicted molar refractivity (Wildman–Crippen MR) is 87.1 cm³/mol. The molecular weight excluding hydrogens is 288 g/mol. The molecule has 0 radical (unpaired) electrons. The molecule has 0 heterocycles. The lowest BCUT2D eigenvalue weighted by atomic mass is 9.53. The van der Waals surface area contributed by atoms with Gasteiger partial charge in [-0.1, -0.05) is 18.9 Å². The zero-order valence-corrected chi connectivity index (χ0v) is 13.4. The lowest BCUT2D eigenvalue weighted by Crippen LogP contribution is -2.50. The number of hydrogen-bond donors (Lipinski definition) is 2. The number of ketones is 1. The SMILES string of the molecule is C#C[C@]1(O)CC[C@H]2[C@@H]3CC(=O)c4cc(O)ccc4[C@H]3CC[C@@]21C. The van der Waals surface area contributed by atoms with Crippen LogP contribution in [0.2, 0.25) is 0 Å². The van der Waals surface area contributed by atoms with Crippen molar-refractivity contribution in [2.45, 2.75) is 50.5 Å². The summed E-state index contributed by atoms with van der Waals surface area (Å²) in [4.78, 5) is 12.6. The van der Waals surface area contributed by atoms with E-state index in [4.69, 9.17) is 6.42 Å². The fraction of sp³-hybridized carbons (Fsp3) is 0.550. The Morgan fingerprint density at radius 1 is 1.30 bits per heavy atom. The highest BCUT2D eigenvalue weighted by Crippen LogP contribution is 2.64. The molecule has 1 aromatic rings. The highest BCUT2D eigenvalue weighted by molar-refractivity contribution is 5.99. The van der Waals surface area contributed by atoms with Gasteiger partial charge >= 0.3 is 0 Å². The summed E-state index contributed by atoms with van der Waals surface area (Å²) < 4.78 is 0. The minimum atomic E-state index is -1.04. The van der Waals surface area contributed by atoms with Crippen molar-refractivity contribution < 1.29 is 15.0 Å². The summed E-state index contributed by atoms with van der Waals surface area (Å²) in [7, 11) is 0. The van der Waals surface area contributed by atoms with Gasteiger partial charge in [-0.3, -0.25) is 4.79 Å². The minimum Gasteiger partial charge on any atom is -0.508 e. The topological polar surface area (TPSA) is 57.5 Å². The molecule has 5 atom stereocenters. The Morgan fingerprint density at radius 2 is 2.09 bits per heavy atom. The van der Waals surface area contributed by atoms with E-state index >= 15 is 0 Å². The van der Waals surface area contributed by atoms with Crippen molar-refractivity contribution in [3.63, 3.8) is 0 Å². The van der Waals surface area contributed by atoms with E-state index in [1.54, 1.807) is 12.1 Å². The van der Waals surface area contributed by atoms with E-state index < -0.39 is 5.60 Å². The van der Waals surface area contributed by atoms with Gasteiger partial charge in [0.2, 0.25) is 0 Å². The van der Waals surface area contributed by atoms with Gasteiger partial charge in [0.05, 0.1) is 0 Å². The van der Waals surface area contributed by atoms with Crippen LogP contribution in [-0.2, 0) is 0 Å². The quantitative estimate of drug-likeness (QED) is 0.723. The van der Waals surface area contributed by atoms with Crippen molar-refractivity contribution in [1.82, 2.24) is 0 Å². The summed E-state index contributed by atoms with van der Waals surface area (Å²) in [6, 6.07) is 5.19. The van der Waals surface area contributed by atoms with Gasteiger partial charge in [0.1, 0.15) is 11.4 Å². The number of rotatable bonds is 0. The molecule has 1 aromatic carbocycles. The van der Waals surface area contributed by atoms with Crippen LogP contribution in [0.3, 0.4) is 0 Å². The monoisotopic (exact) mass is 310 g/mol. The lowest BCUT2D eigenvalue weighted by Gasteiger charge is -2.51. The molecular formula is C20H22O3. The molecule has 2 saturated carbocycles. The first-order valence-electron chi connectivity index (χ1n) is 8.46. The number of Topliss-reactive ketones (excluding diaryl/α,β-unsaturated/α-hetero) is 1. The van der Waals surface area contributed by atoms with Crippen LogP contribution in [0.4, 0.5) is 0 Å². The summed E-state index contributed by atoms with van der Waals surface area (Å²) in [5, 5.41) is 20.6. The highest BCUT2D eigenvalue weighted by atomic mass is 16.3. The number of fused-ring (bicyclic) bond motifs is 5. The van der Waals surface area contributed by atoms with E-state index in [2.05, 4.69) is 12.8 Å². The number of aromatic hydroxyl groups is 1. The Hall–Kier alpha value is -1.79. The molecule has 120 valence electrons. The van der Waals surface area contributed by atoms with Crippen molar-refractivity contribution in [2.75, 3.05) is 0 Å². The van der Waals surface area contributed by atoms with Crippen LogP contribution in [0, 0.1) is 29.6 Å². The van der Waals surface area contributed by atoms with Gasteiger partial charge < -0.3 is 10.2 Å². The summed E-state index contributed by atoms with van der Waals surface area (Å²) in [6.45, 7) is 2.11. The Labute approximate surface area is 136 Å². The molecule has 0 saturated heterocycles. The molecule has 0 bridgehead atoms. The molecule has 2 N–H and O–H groups in total. The molecule has 2 fully saturated rings. The number of phenols is 1. The molecule has 3 aliphatic rings. The van der Waals surface area contributed by atoms with E-state index in [-0.39, 0.29) is 28.8 Å². The van der Waals surface area contributed by atoms with Gasteiger partial charge in [0.25, 0.3) is 0 Å². The van der Waals surface area contributed by atoms with Gasteiger partial charge in [-0.15, -0.1) is 6.42 Å². The second-order valence-corrected chi connectivity index (χ2v) is 7.78. The average molecular weight is 310 g/mol. The molecule has 4 rings (SSSR count). The maximum absolute atomic E-state index is 12.6. The number of aliphatic hydroxyl groups is 1. The van der Waals surface area contributed by atoms with E-state index in [1.165, 1.54) is 0 Å². The molecule has 3 heteroatoms. The van der Waals surface area contributed by atoms with Crippen LogP contribution >= 0.6 is 0 Å². The Kier molecular flexibility index (Phi) is 2.96. The van der Waals surface area contributed by atoms with Gasteiger partial charge in [0, 0.05) is 17.4 Å². The van der Waals surface area contributed by atoms with Crippen LogP contribution in [-0.4, -0.2) is 21.6 Å². The number of hydrogen-bond acceptors (Lipinski definition) is 3. The van der Waals surface area contributed by atoms with E-state index in [0.717, 1.165) is 24.8 Å². The first-order valence-corrected chi connectivity index (χ1v) is 8.46. The first kappa shape index (κ1) is 14.8. The Morgan fingerprint density at radius 3 is 2.83 bits per heavy atom. The normalized spacial score (nSPS) is 41.6. The molecule has 0 aromatic heterocycles. The first-order chi connectivity index (χ1) is 10.9. The van der Waals surface area contributed by atoms with Crippen LogP contribution in [0.1, 0.15) is 60.9 Å². The third-order valence-corrected chi connectivity index (χ3v) is 6.99. The zero-order chi connectivity index (χ0) is 16.4. The van der Waals surface area contributed by atoms with Crippen LogP contribution in [0.25, 0.3) is 0 Å². The molecule has 23 heavy (non-hydrogen) atoms. The summed E-state index contributed by atoms with van der Waals surface area (Å²) in [5.74, 6) is 3.78. The fourth-order valence-electron chi connectivity index (χ4n) is 5.64. The third-order valence-electron chi connectivity index (χ3n) is 6.99. The molecule has 0 unspecified atom stereocenters. The van der Waals surface area contributed by atoms with Gasteiger partial charge in [0.15, 0.2) is 5.78 Å². The third kappa shape index (κ3) is 1.79. The molecule has 0 amide bonds. The maximum Gasteiger partial charge on any atom is 0.163 e. The standard InChI is InChI=1S/C20H22O3/c1-3-20(23)9-7-17-15-11-18(22)16-10-12(21)4-5-13(16)14(15)6-8-19(17,20)2/h1,4-5,10,14-15,17,21,23H,6-9,11H2,2H3/t14-,15-,17+,19+,20+/m1/s1. The minimum absolute atomic E-state index is 0.109. The number of carbonyl (C=O) groups excluding carboxylic acids is 1. The van der Waals surface area contributed by atoms with Crippen molar-refractivity contribution in [2.24, 2.45) is 17.3 Å². The van der Waals surface area contributed by atoms with Crippen LogP contribution in [0.5, 0.6) is 5.75 Å². The summed E-state index contributed by atoms with van der Waals surface area (Å²) in [5.41, 5.74) is 0.417. The smallest absolute Gasteiger partial charge is 0.163 e.